The van der Waals surface area contributed by atoms with Crippen LogP contribution in [0.5, 0.6) is 0 Å². The predicted molar refractivity (Wildman–Crippen MR) is 123 cm³/mol. The van der Waals surface area contributed by atoms with E-state index in [0.717, 1.165) is 0 Å². The van der Waals surface area contributed by atoms with Gasteiger partial charge in [0.25, 0.3) is 0 Å². The fraction of sp³-hybridized carbons (Fsp3) is 0.185. The lowest BCUT2D eigenvalue weighted by atomic mass is 10.1. The molecule has 5 rings (SSSR count). The second kappa shape index (κ2) is 6.46. The Hall–Kier alpha value is -2.64. The molecule has 2 aliphatic carbocycles. The molecule has 0 aromatic heterocycles. The summed E-state index contributed by atoms with van der Waals surface area (Å²) in [6.45, 7) is 7.33. The maximum Gasteiger partial charge on any atom is 0.0730 e. The number of fused-ring (bicyclic) bond motifs is 4. The van der Waals surface area contributed by atoms with Crippen molar-refractivity contribution in [2.45, 2.75) is 31.1 Å². The first-order chi connectivity index (χ1) is 13.6. The Balaban J connectivity index is 1.72. The molecule has 138 valence electrons. The van der Waals surface area contributed by atoms with Crippen molar-refractivity contribution in [1.29, 1.82) is 0 Å². The molecule has 0 aliphatic heterocycles. The topological polar surface area (TPSA) is 0 Å². The van der Waals surface area contributed by atoms with Crippen molar-refractivity contribution in [2.24, 2.45) is 0 Å². The van der Waals surface area contributed by atoms with Crippen molar-refractivity contribution in [3.8, 4) is 11.1 Å². The molecule has 0 nitrogen and oxygen atoms in total. The average molecular weight is 379 g/mol. The van der Waals surface area contributed by atoms with Crippen molar-refractivity contribution in [1.82, 2.24) is 0 Å². The van der Waals surface area contributed by atoms with Gasteiger partial charge in [0.15, 0.2) is 0 Å². The molecule has 0 fully saturated rings. The second-order valence-electron chi connectivity index (χ2n) is 8.64. The van der Waals surface area contributed by atoms with Crippen LogP contribution in [0.1, 0.15) is 40.3 Å². The molecule has 2 aliphatic rings. The summed E-state index contributed by atoms with van der Waals surface area (Å²) in [6, 6.07) is 27.2. The van der Waals surface area contributed by atoms with Gasteiger partial charge in [-0.3, -0.25) is 0 Å². The van der Waals surface area contributed by atoms with E-state index in [2.05, 4.69) is 111 Å². The molecule has 0 saturated carbocycles. The molecule has 0 spiro atoms. The van der Waals surface area contributed by atoms with E-state index in [4.69, 9.17) is 0 Å². The molecule has 1 heteroatoms. The van der Waals surface area contributed by atoms with Gasteiger partial charge in [0.2, 0.25) is 0 Å². The van der Waals surface area contributed by atoms with Crippen LogP contribution in [0.15, 0.2) is 90.5 Å². The Morgan fingerprint density at radius 1 is 0.679 bits per heavy atom. The highest BCUT2D eigenvalue weighted by molar-refractivity contribution is 6.82. The van der Waals surface area contributed by atoms with E-state index < -0.39 is 8.07 Å². The summed E-state index contributed by atoms with van der Waals surface area (Å²) in [5.74, 6) is 0. The van der Waals surface area contributed by atoms with E-state index in [9.17, 15) is 0 Å². The normalized spacial score (nSPS) is 18.1. The molecule has 3 aromatic carbocycles. The Bertz CT molecular complexity index is 1070. The average Bonchev–Trinajstić information content (AvgIpc) is 3.24. The third kappa shape index (κ3) is 2.43. The lowest BCUT2D eigenvalue weighted by Crippen LogP contribution is -2.42. The number of hydrogen-bond acceptors (Lipinski definition) is 0. The smallest absolute Gasteiger partial charge is 0.0730 e. The summed E-state index contributed by atoms with van der Waals surface area (Å²) in [6.07, 6.45) is 6.96. The van der Waals surface area contributed by atoms with Gasteiger partial charge < -0.3 is 0 Å². The molecule has 28 heavy (non-hydrogen) atoms. The van der Waals surface area contributed by atoms with Crippen molar-refractivity contribution in [2.75, 3.05) is 0 Å². The van der Waals surface area contributed by atoms with Crippen LogP contribution in [0.4, 0.5) is 0 Å². The molecule has 1 atom stereocenters. The van der Waals surface area contributed by atoms with Crippen LogP contribution in [0.3, 0.4) is 0 Å². The summed E-state index contributed by atoms with van der Waals surface area (Å²) in [5.41, 5.74) is 11.4. The molecular weight excluding hydrogens is 352 g/mol. The molecule has 0 N–H and O–H groups in total. The van der Waals surface area contributed by atoms with E-state index in [-0.39, 0.29) is 0 Å². The zero-order chi connectivity index (χ0) is 19.3. The first-order valence-electron chi connectivity index (χ1n) is 10.2. The molecular formula is C27H26Si. The minimum absolute atomic E-state index is 0.518. The largest absolute Gasteiger partial charge is 0.0874 e. The summed E-state index contributed by atoms with van der Waals surface area (Å²) < 4.78 is 0. The fourth-order valence-corrected chi connectivity index (χ4v) is 10.2. The maximum atomic E-state index is 2.60. The molecule has 0 saturated heterocycles. The molecule has 3 aromatic rings. The molecule has 0 amide bonds. The lowest BCUT2D eigenvalue weighted by Gasteiger charge is -2.38. The zero-order valence-corrected chi connectivity index (χ0v) is 17.8. The number of benzene rings is 3. The highest BCUT2D eigenvalue weighted by Gasteiger charge is 2.48. The summed E-state index contributed by atoms with van der Waals surface area (Å²) in [5, 5.41) is 0. The van der Waals surface area contributed by atoms with Gasteiger partial charge in [-0.15, -0.1) is 0 Å². The quantitative estimate of drug-likeness (QED) is 0.418. The van der Waals surface area contributed by atoms with Crippen molar-refractivity contribution >= 4 is 14.1 Å². The molecule has 1 unspecified atom stereocenters. The van der Waals surface area contributed by atoms with Crippen molar-refractivity contribution in [3.63, 3.8) is 0 Å². The minimum atomic E-state index is -1.81. The highest BCUT2D eigenvalue weighted by Crippen LogP contribution is 2.55. The fourth-order valence-electron chi connectivity index (χ4n) is 5.64. The molecule has 0 heterocycles. The first-order valence-corrected chi connectivity index (χ1v) is 13.4. The van der Waals surface area contributed by atoms with Gasteiger partial charge in [0, 0.05) is 11.1 Å². The van der Waals surface area contributed by atoms with Gasteiger partial charge >= 0.3 is 0 Å². The van der Waals surface area contributed by atoms with Crippen molar-refractivity contribution < 1.29 is 0 Å². The SMILES string of the molecule is CC=CC1=Cc2ccccc2C1[Si](C)(C)C1c2ccccc2-c2ccccc21. The number of allylic oxidation sites excluding steroid dienone is 3. The first kappa shape index (κ1) is 17.5. The van der Waals surface area contributed by atoms with Crippen LogP contribution < -0.4 is 0 Å². The monoisotopic (exact) mass is 378 g/mol. The Morgan fingerprint density at radius 3 is 1.82 bits per heavy atom. The zero-order valence-electron chi connectivity index (χ0n) is 16.8. The summed E-state index contributed by atoms with van der Waals surface area (Å²) in [4.78, 5) is 0. The van der Waals surface area contributed by atoms with E-state index in [1.54, 1.807) is 0 Å². The van der Waals surface area contributed by atoms with Gasteiger partial charge in [-0.1, -0.05) is 104 Å². The van der Waals surface area contributed by atoms with E-state index in [0.29, 0.717) is 11.1 Å². The van der Waals surface area contributed by atoms with Crippen LogP contribution in [-0.4, -0.2) is 8.07 Å². The minimum Gasteiger partial charge on any atom is -0.0874 e. The van der Waals surface area contributed by atoms with Crippen LogP contribution in [0.2, 0.25) is 13.1 Å². The van der Waals surface area contributed by atoms with Gasteiger partial charge in [-0.05, 0) is 45.9 Å². The van der Waals surface area contributed by atoms with Crippen LogP contribution >= 0.6 is 0 Å². The lowest BCUT2D eigenvalue weighted by molar-refractivity contribution is 1.00. The van der Waals surface area contributed by atoms with Gasteiger partial charge in [-0.2, -0.15) is 0 Å². The Kier molecular flexibility index (Phi) is 4.03. The summed E-state index contributed by atoms with van der Waals surface area (Å²) in [7, 11) is -1.81. The van der Waals surface area contributed by atoms with E-state index in [1.807, 2.05) is 0 Å². The number of rotatable bonds is 3. The van der Waals surface area contributed by atoms with Crippen LogP contribution in [0.25, 0.3) is 17.2 Å². The van der Waals surface area contributed by atoms with Gasteiger partial charge in [0.1, 0.15) is 0 Å². The third-order valence-electron chi connectivity index (χ3n) is 6.64. The second-order valence-corrected chi connectivity index (χ2v) is 13.4. The molecule has 0 bridgehead atoms. The van der Waals surface area contributed by atoms with Crippen LogP contribution in [0, 0.1) is 0 Å². The number of hydrogen-bond donors (Lipinski definition) is 0. The Morgan fingerprint density at radius 2 is 1.21 bits per heavy atom. The summed E-state index contributed by atoms with van der Waals surface area (Å²) >= 11 is 0. The standard InChI is InChI=1S/C27H26Si/c1-4-11-20-18-19-12-5-6-13-21(19)26(20)28(2,3)27-24-16-9-7-14-22(24)23-15-8-10-17-25(23)27/h4-18,26-27H,1-3H3. The van der Waals surface area contributed by atoms with Crippen LogP contribution in [-0.2, 0) is 0 Å². The van der Waals surface area contributed by atoms with Crippen molar-refractivity contribution in [3.05, 3.63) is 113 Å². The predicted octanol–water partition coefficient (Wildman–Crippen LogP) is 7.34. The molecule has 0 radical (unpaired) electrons. The third-order valence-corrected chi connectivity index (χ3v) is 10.9. The van der Waals surface area contributed by atoms with E-state index >= 15 is 0 Å². The maximum absolute atomic E-state index is 2.60. The van der Waals surface area contributed by atoms with Gasteiger partial charge in [-0.25, -0.2) is 0 Å². The van der Waals surface area contributed by atoms with E-state index in [1.165, 1.54) is 39.0 Å². The van der Waals surface area contributed by atoms with Gasteiger partial charge in [0.05, 0.1) is 8.07 Å². The highest BCUT2D eigenvalue weighted by atomic mass is 28.3. The Labute approximate surface area is 169 Å².